The summed E-state index contributed by atoms with van der Waals surface area (Å²) in [4.78, 5) is 4.23. The Morgan fingerprint density at radius 2 is 2.07 bits per heavy atom. The van der Waals surface area contributed by atoms with E-state index < -0.39 is 9.84 Å². The molecule has 0 aliphatic heterocycles. The highest BCUT2D eigenvalue weighted by molar-refractivity contribution is 7.90. The first-order chi connectivity index (χ1) is 6.98. The number of sulfone groups is 1. The van der Waals surface area contributed by atoms with E-state index >= 15 is 0 Å². The number of aromatic nitrogens is 1. The van der Waals surface area contributed by atoms with Crippen LogP contribution in [-0.4, -0.2) is 19.7 Å². The summed E-state index contributed by atoms with van der Waals surface area (Å²) in [7, 11) is -3.28. The molecule has 0 N–H and O–H groups in total. The van der Waals surface area contributed by atoms with Gasteiger partial charge < -0.3 is 0 Å². The van der Waals surface area contributed by atoms with Crippen LogP contribution in [0.4, 0.5) is 0 Å². The first kappa shape index (κ1) is 10.4. The van der Waals surface area contributed by atoms with Crippen LogP contribution in [0.25, 0.3) is 10.9 Å². The normalized spacial score (nSPS) is 11.9. The van der Waals surface area contributed by atoms with E-state index in [9.17, 15) is 8.42 Å². The third-order valence-electron chi connectivity index (χ3n) is 2.06. The molecule has 0 fully saturated rings. The van der Waals surface area contributed by atoms with E-state index in [1.165, 1.54) is 0 Å². The Labute approximate surface area is 92.6 Å². The van der Waals surface area contributed by atoms with Crippen molar-refractivity contribution in [2.45, 2.75) is 4.90 Å². The smallest absolute Gasteiger partial charge is 0.177 e. The fraction of sp³-hybridized carbons (Fsp3) is 0.100. The van der Waals surface area contributed by atoms with Crippen molar-refractivity contribution >= 4 is 32.3 Å². The van der Waals surface area contributed by atoms with Gasteiger partial charge in [-0.3, -0.25) is 4.98 Å². The van der Waals surface area contributed by atoms with Crippen LogP contribution < -0.4 is 0 Å². The van der Waals surface area contributed by atoms with Crippen molar-refractivity contribution < 1.29 is 8.42 Å². The summed E-state index contributed by atoms with van der Waals surface area (Å²) in [6.45, 7) is 0. The van der Waals surface area contributed by atoms with E-state index in [2.05, 4.69) is 4.98 Å². The van der Waals surface area contributed by atoms with Crippen molar-refractivity contribution in [1.82, 2.24) is 4.98 Å². The summed E-state index contributed by atoms with van der Waals surface area (Å²) in [5.41, 5.74) is 0.690. The molecule has 0 saturated carbocycles. The predicted molar refractivity (Wildman–Crippen MR) is 59.9 cm³/mol. The second kappa shape index (κ2) is 3.47. The van der Waals surface area contributed by atoms with Crippen molar-refractivity contribution in [2.24, 2.45) is 0 Å². The number of halogens is 1. The van der Waals surface area contributed by atoms with Gasteiger partial charge in [0.1, 0.15) is 0 Å². The number of rotatable bonds is 1. The van der Waals surface area contributed by atoms with Crippen LogP contribution in [-0.2, 0) is 9.84 Å². The van der Waals surface area contributed by atoms with Crippen LogP contribution in [0.5, 0.6) is 0 Å². The highest BCUT2D eigenvalue weighted by Gasteiger charge is 2.13. The molecular formula is C10H8ClNO2S. The van der Waals surface area contributed by atoms with Gasteiger partial charge in [0.2, 0.25) is 0 Å². The van der Waals surface area contributed by atoms with Crippen molar-refractivity contribution in [3.05, 3.63) is 35.5 Å². The van der Waals surface area contributed by atoms with E-state index in [1.807, 2.05) is 0 Å². The molecule has 1 aromatic heterocycles. The summed E-state index contributed by atoms with van der Waals surface area (Å²) in [5.74, 6) is 0. The van der Waals surface area contributed by atoms with E-state index in [0.717, 1.165) is 11.6 Å². The van der Waals surface area contributed by atoms with E-state index in [-0.39, 0.29) is 9.92 Å². The van der Waals surface area contributed by atoms with Gasteiger partial charge in [-0.15, -0.1) is 0 Å². The van der Waals surface area contributed by atoms with Crippen LogP contribution in [0.1, 0.15) is 0 Å². The fourth-order valence-electron chi connectivity index (χ4n) is 1.36. The Kier molecular flexibility index (Phi) is 2.40. The topological polar surface area (TPSA) is 47.0 Å². The Bertz CT molecular complexity index is 622. The summed E-state index contributed by atoms with van der Waals surface area (Å²) in [6.07, 6.45) is 2.77. The van der Waals surface area contributed by atoms with Crippen LogP contribution in [0.15, 0.2) is 35.4 Å². The standard InChI is InChI=1S/C10H8ClNO2S/c1-15(13,14)10-5-7-3-2-4-12-9(7)6-8(10)11/h2-6H,1H3. The van der Waals surface area contributed by atoms with Gasteiger partial charge >= 0.3 is 0 Å². The van der Waals surface area contributed by atoms with Gasteiger partial charge in [0.25, 0.3) is 0 Å². The maximum absolute atomic E-state index is 11.4. The number of hydrogen-bond acceptors (Lipinski definition) is 3. The van der Waals surface area contributed by atoms with Crippen molar-refractivity contribution in [2.75, 3.05) is 6.26 Å². The maximum atomic E-state index is 11.4. The molecule has 15 heavy (non-hydrogen) atoms. The molecule has 0 saturated heterocycles. The Hall–Kier alpha value is -1.13. The van der Waals surface area contributed by atoms with Gasteiger partial charge in [-0.05, 0) is 18.2 Å². The average molecular weight is 242 g/mol. The van der Waals surface area contributed by atoms with E-state index in [4.69, 9.17) is 11.6 Å². The molecule has 78 valence electrons. The molecule has 0 aliphatic carbocycles. The first-order valence-electron chi connectivity index (χ1n) is 4.23. The van der Waals surface area contributed by atoms with Crippen LogP contribution >= 0.6 is 11.6 Å². The first-order valence-corrected chi connectivity index (χ1v) is 6.50. The van der Waals surface area contributed by atoms with Crippen LogP contribution in [0, 0.1) is 0 Å². The molecule has 1 heterocycles. The Balaban J connectivity index is 2.84. The zero-order chi connectivity index (χ0) is 11.1. The minimum atomic E-state index is -3.28. The number of benzene rings is 1. The molecule has 0 unspecified atom stereocenters. The van der Waals surface area contributed by atoms with Gasteiger partial charge in [0, 0.05) is 17.8 Å². The molecule has 0 atom stereocenters. The van der Waals surface area contributed by atoms with E-state index in [1.54, 1.807) is 30.5 Å². The number of pyridine rings is 1. The molecule has 0 spiro atoms. The van der Waals surface area contributed by atoms with Gasteiger partial charge in [-0.1, -0.05) is 17.7 Å². The minimum absolute atomic E-state index is 0.143. The fourth-order valence-corrected chi connectivity index (χ4v) is 2.69. The predicted octanol–water partition coefficient (Wildman–Crippen LogP) is 2.29. The lowest BCUT2D eigenvalue weighted by atomic mass is 10.2. The van der Waals surface area contributed by atoms with Gasteiger partial charge in [-0.25, -0.2) is 8.42 Å². The minimum Gasteiger partial charge on any atom is -0.256 e. The molecular weight excluding hydrogens is 234 g/mol. The molecule has 5 heteroatoms. The molecule has 3 nitrogen and oxygen atoms in total. The quantitative estimate of drug-likeness (QED) is 0.770. The van der Waals surface area contributed by atoms with Crippen molar-refractivity contribution in [3.8, 4) is 0 Å². The third-order valence-corrected chi connectivity index (χ3v) is 3.62. The van der Waals surface area contributed by atoms with E-state index in [0.29, 0.717) is 5.52 Å². The van der Waals surface area contributed by atoms with Crippen LogP contribution in [0.3, 0.4) is 0 Å². The molecule has 0 aliphatic rings. The molecule has 0 radical (unpaired) electrons. The SMILES string of the molecule is CS(=O)(=O)c1cc2cccnc2cc1Cl. The van der Waals surface area contributed by atoms with Gasteiger partial charge in [0.15, 0.2) is 9.84 Å². The van der Waals surface area contributed by atoms with Crippen molar-refractivity contribution in [3.63, 3.8) is 0 Å². The number of nitrogens with zero attached hydrogens (tertiary/aromatic N) is 1. The second-order valence-corrected chi connectivity index (χ2v) is 5.64. The Morgan fingerprint density at radius 3 is 2.73 bits per heavy atom. The lowest BCUT2D eigenvalue weighted by molar-refractivity contribution is 0.602. The lowest BCUT2D eigenvalue weighted by Gasteiger charge is -2.03. The van der Waals surface area contributed by atoms with Crippen LogP contribution in [0.2, 0.25) is 5.02 Å². The summed E-state index contributed by atoms with van der Waals surface area (Å²) < 4.78 is 22.8. The highest BCUT2D eigenvalue weighted by atomic mass is 35.5. The largest absolute Gasteiger partial charge is 0.256 e. The average Bonchev–Trinajstić information content (AvgIpc) is 2.15. The van der Waals surface area contributed by atoms with Crippen molar-refractivity contribution in [1.29, 1.82) is 0 Å². The summed E-state index contributed by atoms with van der Waals surface area (Å²) >= 11 is 5.87. The molecule has 2 rings (SSSR count). The molecule has 0 amide bonds. The highest BCUT2D eigenvalue weighted by Crippen LogP contribution is 2.26. The van der Waals surface area contributed by atoms with Gasteiger partial charge in [0.05, 0.1) is 15.4 Å². The molecule has 1 aromatic carbocycles. The molecule has 2 aromatic rings. The maximum Gasteiger partial charge on any atom is 0.177 e. The molecule has 0 bridgehead atoms. The second-order valence-electron chi connectivity index (χ2n) is 3.25. The summed E-state index contributed by atoms with van der Waals surface area (Å²) in [6, 6.07) is 6.66. The Morgan fingerprint density at radius 1 is 1.33 bits per heavy atom. The number of hydrogen-bond donors (Lipinski definition) is 0. The lowest BCUT2D eigenvalue weighted by Crippen LogP contribution is -1.98. The zero-order valence-corrected chi connectivity index (χ0v) is 9.51. The number of fused-ring (bicyclic) bond motifs is 1. The zero-order valence-electron chi connectivity index (χ0n) is 7.94. The third kappa shape index (κ3) is 1.96. The summed E-state index contributed by atoms with van der Waals surface area (Å²) in [5, 5.41) is 0.978. The van der Waals surface area contributed by atoms with Gasteiger partial charge in [-0.2, -0.15) is 0 Å². The monoisotopic (exact) mass is 241 g/mol.